The van der Waals surface area contributed by atoms with Crippen LogP contribution in [0.25, 0.3) is 0 Å². The summed E-state index contributed by atoms with van der Waals surface area (Å²) in [5.74, 6) is 3.61. The molecule has 5 unspecified atom stereocenters. The molecule has 0 saturated heterocycles. The Morgan fingerprint density at radius 2 is 1.49 bits per heavy atom. The predicted molar refractivity (Wildman–Crippen MR) is 189 cm³/mol. The van der Waals surface area contributed by atoms with Gasteiger partial charge in [0.05, 0.1) is 12.0 Å². The lowest BCUT2D eigenvalue weighted by molar-refractivity contribution is -0.139. The Morgan fingerprint density at radius 3 is 2.09 bits per heavy atom. The van der Waals surface area contributed by atoms with Gasteiger partial charge in [0.15, 0.2) is 16.6 Å². The zero-order valence-electron chi connectivity index (χ0n) is 30.4. The van der Waals surface area contributed by atoms with Gasteiger partial charge in [-0.05, 0) is 151 Å². The van der Waals surface area contributed by atoms with Crippen LogP contribution in [-0.4, -0.2) is 43.1 Å². The molecule has 4 nitrogen and oxygen atoms in total. The topological polar surface area (TPSA) is 44.8 Å². The maximum absolute atomic E-state index is 12.6. The van der Waals surface area contributed by atoms with E-state index >= 15 is 0 Å². The molecule has 7 heteroatoms. The molecule has 4 rings (SSSR count). The summed E-state index contributed by atoms with van der Waals surface area (Å²) in [6.07, 6.45) is 15.6. The van der Waals surface area contributed by atoms with Crippen molar-refractivity contribution < 1.29 is 18.1 Å². The number of carbonyl (C=O) groups is 1. The second-order valence-electron chi connectivity index (χ2n) is 18.8. The van der Waals surface area contributed by atoms with Gasteiger partial charge < -0.3 is 13.3 Å². The van der Waals surface area contributed by atoms with Crippen LogP contribution in [0.5, 0.6) is 0 Å². The lowest BCUT2D eigenvalue weighted by Gasteiger charge is -2.61. The molecular weight excluding hydrogens is 581 g/mol. The molecule has 4 aliphatic rings. The van der Waals surface area contributed by atoms with E-state index in [1.165, 1.54) is 44.9 Å². The van der Waals surface area contributed by atoms with E-state index in [0.29, 0.717) is 28.8 Å². The summed E-state index contributed by atoms with van der Waals surface area (Å²) >= 11 is 0. The number of rotatable bonds is 11. The molecule has 0 heterocycles. The number of hydrogen-bond donors (Lipinski definition) is 0. The highest BCUT2D eigenvalue weighted by atomic mass is 28.4. The average Bonchev–Trinajstić information content (AvgIpc) is 3.19. The quantitative estimate of drug-likeness (QED) is 0.165. The summed E-state index contributed by atoms with van der Waals surface area (Å²) in [6, 6.07) is 0. The molecule has 0 spiro atoms. The molecular formula is C36H68O4Si3. The van der Waals surface area contributed by atoms with Crippen molar-refractivity contribution in [2.45, 2.75) is 163 Å². The fraction of sp³-hybridized carbons (Fsp3) is 0.917. The van der Waals surface area contributed by atoms with Crippen LogP contribution in [0, 0.1) is 46.3 Å². The fourth-order valence-corrected chi connectivity index (χ4v) is 13.2. The van der Waals surface area contributed by atoms with Crippen molar-refractivity contribution >= 4 is 30.9 Å². The average molecular weight is 649 g/mol. The summed E-state index contributed by atoms with van der Waals surface area (Å²) in [4.78, 5) is 12.6. The second kappa shape index (κ2) is 12.8. The molecule has 0 radical (unpaired) electrons. The molecule has 0 aromatic heterocycles. The van der Waals surface area contributed by atoms with Crippen molar-refractivity contribution in [3.63, 3.8) is 0 Å². The molecule has 0 aromatic rings. The molecule has 0 aliphatic heterocycles. The molecule has 4 aliphatic carbocycles. The summed E-state index contributed by atoms with van der Waals surface area (Å²) in [5.41, 5.74) is 2.36. The Morgan fingerprint density at radius 1 is 0.837 bits per heavy atom. The van der Waals surface area contributed by atoms with E-state index in [9.17, 15) is 4.79 Å². The smallest absolute Gasteiger partial charge is 0.295 e. The molecule has 0 N–H and O–H groups in total. The van der Waals surface area contributed by atoms with Crippen LogP contribution in [0.15, 0.2) is 11.6 Å². The minimum Gasteiger partial charge on any atom is -0.520 e. The van der Waals surface area contributed by atoms with Crippen LogP contribution in [0.1, 0.15) is 91.9 Å². The Kier molecular flexibility index (Phi) is 10.6. The van der Waals surface area contributed by atoms with Crippen LogP contribution >= 0.6 is 0 Å². The fourth-order valence-electron chi connectivity index (χ4n) is 10.2. The lowest BCUT2D eigenvalue weighted by Crippen LogP contribution is -2.57. The third-order valence-electron chi connectivity index (χ3n) is 11.9. The first-order chi connectivity index (χ1) is 19.6. The van der Waals surface area contributed by atoms with Gasteiger partial charge in [0, 0.05) is 6.10 Å². The summed E-state index contributed by atoms with van der Waals surface area (Å²) < 4.78 is 19.7. The first kappa shape index (κ1) is 35.6. The van der Waals surface area contributed by atoms with Gasteiger partial charge in [0.25, 0.3) is 5.97 Å². The van der Waals surface area contributed by atoms with Crippen LogP contribution < -0.4 is 0 Å². The second-order valence-corrected chi connectivity index (χ2v) is 32.1. The first-order valence-electron chi connectivity index (χ1n) is 17.9. The minimum atomic E-state index is -1.83. The molecule has 248 valence electrons. The van der Waals surface area contributed by atoms with Crippen LogP contribution in [-0.2, 0) is 18.1 Å². The maximum Gasteiger partial charge on any atom is 0.295 e. The Bertz CT molecular complexity index is 1020. The van der Waals surface area contributed by atoms with Crippen molar-refractivity contribution in [2.24, 2.45) is 46.3 Å². The van der Waals surface area contributed by atoms with Gasteiger partial charge in [-0.3, -0.25) is 4.79 Å². The van der Waals surface area contributed by atoms with E-state index in [0.717, 1.165) is 37.0 Å². The highest BCUT2D eigenvalue weighted by Gasteiger charge is 2.61. The van der Waals surface area contributed by atoms with E-state index < -0.39 is 25.0 Å². The maximum atomic E-state index is 12.6. The van der Waals surface area contributed by atoms with E-state index in [4.69, 9.17) is 13.3 Å². The van der Waals surface area contributed by atoms with Gasteiger partial charge in [0.2, 0.25) is 8.32 Å². The standard InChI is InChI=1S/C36H68O4Si3/c1-25(15-14-16-26(2)34(37)40-43(11,12)13)29-17-18-30-33-31(20-22-36(29,30)4)35(3)21-19-28(38-41(5,6)7)23-27(35)24-32(33)39-42(8,9)10/h24-26,28-33H,14-23H2,1-13H3/t25?,26?,28-,29+,30?,31?,32-,33?,35-,36+/m0/s1. The zero-order valence-corrected chi connectivity index (χ0v) is 33.4. The van der Waals surface area contributed by atoms with Crippen LogP contribution in [0.3, 0.4) is 0 Å². The normalized spacial score (nSPS) is 37.9. The summed E-state index contributed by atoms with van der Waals surface area (Å²) in [6.45, 7) is 30.3. The van der Waals surface area contributed by atoms with E-state index in [2.05, 4.69) is 92.7 Å². The third-order valence-corrected chi connectivity index (χ3v) is 14.8. The van der Waals surface area contributed by atoms with Gasteiger partial charge in [-0.1, -0.05) is 52.2 Å². The lowest BCUT2D eigenvalue weighted by atomic mass is 9.46. The molecule has 3 saturated carbocycles. The molecule has 0 aromatic carbocycles. The predicted octanol–water partition coefficient (Wildman–Crippen LogP) is 10.4. The Hall–Kier alpha value is -0.219. The SMILES string of the molecule is CC(CCCC(C)[C@H]1CCC2C3C(CC[C@@]21C)[C@@]1(C)CC[C@H](O[Si](C)(C)C)CC1=C[C@@H]3O[Si](C)(C)C)C(=O)O[Si](C)(C)C. The van der Waals surface area contributed by atoms with Gasteiger partial charge in [-0.25, -0.2) is 0 Å². The van der Waals surface area contributed by atoms with E-state index in [1.54, 1.807) is 5.57 Å². The Balaban J connectivity index is 1.50. The largest absolute Gasteiger partial charge is 0.520 e. The summed E-state index contributed by atoms with van der Waals surface area (Å²) in [7, 11) is -5.11. The molecule has 0 bridgehead atoms. The van der Waals surface area contributed by atoms with Crippen molar-refractivity contribution in [1.29, 1.82) is 0 Å². The van der Waals surface area contributed by atoms with E-state index in [1.807, 2.05) is 0 Å². The monoisotopic (exact) mass is 648 g/mol. The summed E-state index contributed by atoms with van der Waals surface area (Å²) in [5, 5.41) is 0. The van der Waals surface area contributed by atoms with Crippen molar-refractivity contribution in [2.75, 3.05) is 0 Å². The molecule has 0 amide bonds. The highest BCUT2D eigenvalue weighted by Crippen LogP contribution is 2.68. The third kappa shape index (κ3) is 8.20. The van der Waals surface area contributed by atoms with Crippen molar-refractivity contribution in [3.05, 3.63) is 11.6 Å². The first-order valence-corrected chi connectivity index (χ1v) is 28.1. The number of fused-ring (bicyclic) bond motifs is 5. The zero-order chi connectivity index (χ0) is 32.2. The Labute approximate surface area is 269 Å². The number of carbonyl (C=O) groups excluding carboxylic acids is 1. The molecule has 10 atom stereocenters. The van der Waals surface area contributed by atoms with Crippen molar-refractivity contribution in [3.8, 4) is 0 Å². The van der Waals surface area contributed by atoms with Gasteiger partial charge >= 0.3 is 0 Å². The van der Waals surface area contributed by atoms with Gasteiger partial charge in [-0.2, -0.15) is 0 Å². The van der Waals surface area contributed by atoms with Crippen LogP contribution in [0.2, 0.25) is 58.9 Å². The van der Waals surface area contributed by atoms with E-state index in [-0.39, 0.29) is 18.0 Å². The molecule has 3 fully saturated rings. The van der Waals surface area contributed by atoms with Crippen molar-refractivity contribution in [1.82, 2.24) is 0 Å². The number of hydrogen-bond acceptors (Lipinski definition) is 4. The van der Waals surface area contributed by atoms with Gasteiger partial charge in [0.1, 0.15) is 0 Å². The molecule has 43 heavy (non-hydrogen) atoms. The van der Waals surface area contributed by atoms with Gasteiger partial charge in [-0.15, -0.1) is 0 Å². The highest BCUT2D eigenvalue weighted by molar-refractivity contribution is 6.71. The van der Waals surface area contributed by atoms with Crippen LogP contribution in [0.4, 0.5) is 0 Å². The minimum absolute atomic E-state index is 0.0101.